The van der Waals surface area contributed by atoms with E-state index in [0.717, 1.165) is 18.5 Å². The van der Waals surface area contributed by atoms with Crippen LogP contribution >= 0.6 is 11.6 Å². The van der Waals surface area contributed by atoms with Crippen LogP contribution in [-0.2, 0) is 0 Å². The Hall–Kier alpha value is -1.22. The highest BCUT2D eigenvalue weighted by Gasteiger charge is 2.18. The summed E-state index contributed by atoms with van der Waals surface area (Å²) in [6, 6.07) is 2.95. The van der Waals surface area contributed by atoms with Gasteiger partial charge in [-0.05, 0) is 25.0 Å². The van der Waals surface area contributed by atoms with E-state index in [1.807, 2.05) is 0 Å². The molecule has 1 aromatic carbocycles. The topological polar surface area (TPSA) is 25.8 Å². The molecule has 0 N–H and O–H groups in total. The van der Waals surface area contributed by atoms with Gasteiger partial charge in [0.15, 0.2) is 5.82 Å². The Morgan fingerprint density at radius 2 is 1.94 bits per heavy atom. The summed E-state index contributed by atoms with van der Waals surface area (Å²) >= 11 is 5.80. The van der Waals surface area contributed by atoms with Gasteiger partial charge in [0.1, 0.15) is 5.52 Å². The highest BCUT2D eigenvalue weighted by molar-refractivity contribution is 6.31. The van der Waals surface area contributed by atoms with Crippen molar-refractivity contribution in [3.8, 4) is 0 Å². The standard InChI is InChI=1S/C14H14ClFN2/c15-10-6-11(16)14-12(7-10)17-8-13(18-14)9-4-2-1-3-5-9/h6-9H,1-5H2. The first-order valence-corrected chi connectivity index (χ1v) is 6.73. The summed E-state index contributed by atoms with van der Waals surface area (Å²) in [5, 5.41) is 0.361. The van der Waals surface area contributed by atoms with Crippen molar-refractivity contribution in [3.63, 3.8) is 0 Å². The zero-order valence-electron chi connectivity index (χ0n) is 10.00. The van der Waals surface area contributed by atoms with E-state index >= 15 is 0 Å². The Morgan fingerprint density at radius 3 is 2.72 bits per heavy atom. The Kier molecular flexibility index (Phi) is 3.16. The second-order valence-corrected chi connectivity index (χ2v) is 5.32. The number of halogens is 2. The van der Waals surface area contributed by atoms with Gasteiger partial charge in [0.2, 0.25) is 0 Å². The molecule has 4 heteroatoms. The predicted octanol–water partition coefficient (Wildman–Crippen LogP) is 4.47. The molecule has 0 radical (unpaired) electrons. The summed E-state index contributed by atoms with van der Waals surface area (Å²) in [5.41, 5.74) is 1.78. The Bertz CT molecular complexity index is 579. The third-order valence-corrected chi connectivity index (χ3v) is 3.83. The fourth-order valence-electron chi connectivity index (χ4n) is 2.65. The van der Waals surface area contributed by atoms with Gasteiger partial charge in [-0.3, -0.25) is 4.98 Å². The zero-order valence-corrected chi connectivity index (χ0v) is 10.8. The molecule has 1 aromatic heterocycles. The molecule has 1 aliphatic rings. The Labute approximate surface area is 110 Å². The van der Waals surface area contributed by atoms with E-state index in [1.54, 1.807) is 12.3 Å². The molecule has 0 amide bonds. The first kappa shape index (κ1) is 11.8. The van der Waals surface area contributed by atoms with Gasteiger partial charge in [-0.2, -0.15) is 0 Å². The van der Waals surface area contributed by atoms with E-state index in [2.05, 4.69) is 9.97 Å². The largest absolute Gasteiger partial charge is 0.253 e. The van der Waals surface area contributed by atoms with Crippen LogP contribution in [0.4, 0.5) is 4.39 Å². The van der Waals surface area contributed by atoms with E-state index in [1.165, 1.54) is 25.3 Å². The van der Waals surface area contributed by atoms with Crippen LogP contribution in [0.25, 0.3) is 11.0 Å². The van der Waals surface area contributed by atoms with Crippen LogP contribution in [0.2, 0.25) is 5.02 Å². The van der Waals surface area contributed by atoms with Gasteiger partial charge < -0.3 is 0 Å². The summed E-state index contributed by atoms with van der Waals surface area (Å²) < 4.78 is 13.8. The van der Waals surface area contributed by atoms with Crippen molar-refractivity contribution < 1.29 is 4.39 Å². The van der Waals surface area contributed by atoms with E-state index in [4.69, 9.17) is 11.6 Å². The van der Waals surface area contributed by atoms with Gasteiger partial charge in [0.05, 0.1) is 11.2 Å². The summed E-state index contributed by atoms with van der Waals surface area (Å²) in [4.78, 5) is 8.73. The molecule has 1 heterocycles. The van der Waals surface area contributed by atoms with Crippen molar-refractivity contribution in [2.24, 2.45) is 0 Å². The molecule has 94 valence electrons. The van der Waals surface area contributed by atoms with Gasteiger partial charge in [-0.25, -0.2) is 9.37 Å². The van der Waals surface area contributed by atoms with E-state index < -0.39 is 0 Å². The molecule has 2 aromatic rings. The number of aromatic nitrogens is 2. The predicted molar refractivity (Wildman–Crippen MR) is 70.3 cm³/mol. The van der Waals surface area contributed by atoms with Crippen molar-refractivity contribution in [1.29, 1.82) is 0 Å². The molecular weight excluding hydrogens is 251 g/mol. The average molecular weight is 265 g/mol. The molecule has 1 saturated carbocycles. The molecular formula is C14H14ClFN2. The van der Waals surface area contributed by atoms with Gasteiger partial charge in [0.25, 0.3) is 0 Å². The second kappa shape index (κ2) is 4.81. The number of rotatable bonds is 1. The molecule has 18 heavy (non-hydrogen) atoms. The molecule has 0 spiro atoms. The van der Waals surface area contributed by atoms with Crippen molar-refractivity contribution >= 4 is 22.6 Å². The monoisotopic (exact) mass is 264 g/mol. The highest BCUT2D eigenvalue weighted by atomic mass is 35.5. The minimum absolute atomic E-state index is 0.336. The van der Waals surface area contributed by atoms with Crippen LogP contribution in [-0.4, -0.2) is 9.97 Å². The number of hydrogen-bond acceptors (Lipinski definition) is 2. The third kappa shape index (κ3) is 2.19. The van der Waals surface area contributed by atoms with Crippen molar-refractivity contribution in [2.45, 2.75) is 38.0 Å². The molecule has 0 atom stereocenters. The van der Waals surface area contributed by atoms with Crippen LogP contribution in [0.15, 0.2) is 18.3 Å². The third-order valence-electron chi connectivity index (χ3n) is 3.61. The first-order valence-electron chi connectivity index (χ1n) is 6.36. The van der Waals surface area contributed by atoms with E-state index in [0.29, 0.717) is 22.0 Å². The normalized spacial score (nSPS) is 17.2. The minimum Gasteiger partial charge on any atom is -0.253 e. The Balaban J connectivity index is 2.04. The zero-order chi connectivity index (χ0) is 12.5. The summed E-state index contributed by atoms with van der Waals surface area (Å²) in [5.74, 6) is 0.0494. The lowest BCUT2D eigenvalue weighted by Crippen LogP contribution is -2.07. The maximum atomic E-state index is 13.8. The van der Waals surface area contributed by atoms with E-state index in [9.17, 15) is 4.39 Å². The van der Waals surface area contributed by atoms with Crippen molar-refractivity contribution in [2.75, 3.05) is 0 Å². The lowest BCUT2D eigenvalue weighted by Gasteiger charge is -2.20. The van der Waals surface area contributed by atoms with Crippen molar-refractivity contribution in [3.05, 3.63) is 34.9 Å². The lowest BCUT2D eigenvalue weighted by molar-refractivity contribution is 0.436. The maximum Gasteiger partial charge on any atom is 0.152 e. The minimum atomic E-state index is -0.386. The second-order valence-electron chi connectivity index (χ2n) is 4.89. The molecule has 0 saturated heterocycles. The number of benzene rings is 1. The molecule has 2 nitrogen and oxygen atoms in total. The summed E-state index contributed by atoms with van der Waals surface area (Å²) in [6.45, 7) is 0. The van der Waals surface area contributed by atoms with Gasteiger partial charge in [-0.1, -0.05) is 30.9 Å². The van der Waals surface area contributed by atoms with Crippen LogP contribution in [0.5, 0.6) is 0 Å². The summed E-state index contributed by atoms with van der Waals surface area (Å²) in [6.07, 6.45) is 7.79. The number of hydrogen-bond donors (Lipinski definition) is 0. The molecule has 1 fully saturated rings. The molecule has 0 unspecified atom stereocenters. The maximum absolute atomic E-state index is 13.8. The van der Waals surface area contributed by atoms with Crippen LogP contribution < -0.4 is 0 Å². The average Bonchev–Trinajstić information content (AvgIpc) is 2.39. The van der Waals surface area contributed by atoms with Crippen molar-refractivity contribution in [1.82, 2.24) is 9.97 Å². The molecule has 3 rings (SSSR count). The fraction of sp³-hybridized carbons (Fsp3) is 0.429. The van der Waals surface area contributed by atoms with Gasteiger partial charge >= 0.3 is 0 Å². The SMILES string of the molecule is Fc1cc(Cl)cc2ncc(C3CCCCC3)nc12. The molecule has 0 aliphatic heterocycles. The summed E-state index contributed by atoms with van der Waals surface area (Å²) in [7, 11) is 0. The van der Waals surface area contributed by atoms with Crippen LogP contribution in [0, 0.1) is 5.82 Å². The van der Waals surface area contributed by atoms with Crippen LogP contribution in [0.3, 0.4) is 0 Å². The molecule has 0 bridgehead atoms. The smallest absolute Gasteiger partial charge is 0.152 e. The quantitative estimate of drug-likeness (QED) is 0.759. The lowest BCUT2D eigenvalue weighted by atomic mass is 9.87. The first-order chi connectivity index (χ1) is 8.74. The highest BCUT2D eigenvalue weighted by Crippen LogP contribution is 2.32. The number of fused-ring (bicyclic) bond motifs is 1. The van der Waals surface area contributed by atoms with Crippen LogP contribution in [0.1, 0.15) is 43.7 Å². The fourth-order valence-corrected chi connectivity index (χ4v) is 2.85. The van der Waals surface area contributed by atoms with Gasteiger partial charge in [-0.15, -0.1) is 0 Å². The molecule has 1 aliphatic carbocycles. The van der Waals surface area contributed by atoms with E-state index in [-0.39, 0.29) is 5.82 Å². The number of nitrogens with zero attached hydrogens (tertiary/aromatic N) is 2. The Morgan fingerprint density at radius 1 is 1.17 bits per heavy atom. The van der Waals surface area contributed by atoms with Gasteiger partial charge in [0, 0.05) is 17.1 Å².